The normalized spacial score (nSPS) is 12.8. The third kappa shape index (κ3) is 4.45. The van der Waals surface area contributed by atoms with Crippen LogP contribution in [0.2, 0.25) is 0 Å². The number of aliphatic hydroxyl groups excluding tert-OH is 1. The molecule has 1 amide bonds. The molecule has 0 spiro atoms. The number of rotatable bonds is 4. The average Bonchev–Trinajstić information content (AvgIpc) is 2.00. The quantitative estimate of drug-likeness (QED) is 0.394. The molecule has 0 radical (unpaired) electrons. The summed E-state index contributed by atoms with van der Waals surface area (Å²) in [7, 11) is 0. The van der Waals surface area contributed by atoms with Gasteiger partial charge in [-0.3, -0.25) is 4.79 Å². The molecule has 68 valence electrons. The second-order valence-electron chi connectivity index (χ2n) is 2.06. The maximum absolute atomic E-state index is 10.7. The standard InChI is InChI=1S/C7H11NO4/c1-2-3-4-5(9)8-6(10)7(11)12/h3-4,6,10H,2H2,1H3,(H,8,9)(H,11,12). The van der Waals surface area contributed by atoms with Crippen LogP contribution in [0.25, 0.3) is 0 Å². The first-order chi connectivity index (χ1) is 5.57. The highest BCUT2D eigenvalue weighted by Crippen LogP contribution is 1.82. The van der Waals surface area contributed by atoms with Crippen LogP contribution in [0.4, 0.5) is 0 Å². The van der Waals surface area contributed by atoms with Gasteiger partial charge < -0.3 is 15.5 Å². The SMILES string of the molecule is CCC=CC(=O)NC(O)C(=O)O. The summed E-state index contributed by atoms with van der Waals surface area (Å²) < 4.78 is 0. The molecule has 1 atom stereocenters. The molecule has 0 heterocycles. The van der Waals surface area contributed by atoms with Crippen molar-refractivity contribution in [3.63, 3.8) is 0 Å². The lowest BCUT2D eigenvalue weighted by molar-refractivity contribution is -0.150. The third-order valence-electron chi connectivity index (χ3n) is 1.02. The Kier molecular flexibility index (Phi) is 4.71. The van der Waals surface area contributed by atoms with Crippen molar-refractivity contribution in [3.05, 3.63) is 12.2 Å². The van der Waals surface area contributed by atoms with E-state index < -0.39 is 18.1 Å². The van der Waals surface area contributed by atoms with Crippen LogP contribution in [0, 0.1) is 0 Å². The van der Waals surface area contributed by atoms with Crippen molar-refractivity contribution in [1.29, 1.82) is 0 Å². The zero-order valence-electron chi connectivity index (χ0n) is 6.65. The van der Waals surface area contributed by atoms with Gasteiger partial charge in [0.15, 0.2) is 0 Å². The molecule has 0 aliphatic heterocycles. The molecular weight excluding hydrogens is 162 g/mol. The zero-order chi connectivity index (χ0) is 9.56. The summed E-state index contributed by atoms with van der Waals surface area (Å²) >= 11 is 0. The zero-order valence-corrected chi connectivity index (χ0v) is 6.65. The van der Waals surface area contributed by atoms with Gasteiger partial charge in [-0.15, -0.1) is 0 Å². The molecule has 0 aliphatic rings. The Bertz CT molecular complexity index is 200. The topological polar surface area (TPSA) is 86.6 Å². The number of carboxylic acids is 1. The molecule has 0 saturated heterocycles. The summed E-state index contributed by atoms with van der Waals surface area (Å²) in [4.78, 5) is 20.7. The van der Waals surface area contributed by atoms with E-state index in [2.05, 4.69) is 0 Å². The molecular formula is C7H11NO4. The fourth-order valence-electron chi connectivity index (χ4n) is 0.469. The summed E-state index contributed by atoms with van der Waals surface area (Å²) in [5.74, 6) is -2.10. The molecule has 0 rings (SSSR count). The Hall–Kier alpha value is -1.36. The first-order valence-corrected chi connectivity index (χ1v) is 3.45. The van der Waals surface area contributed by atoms with Crippen molar-refractivity contribution in [2.24, 2.45) is 0 Å². The summed E-state index contributed by atoms with van der Waals surface area (Å²) in [6, 6.07) is 0. The van der Waals surface area contributed by atoms with Gasteiger partial charge in [0.25, 0.3) is 0 Å². The number of carbonyl (C=O) groups excluding carboxylic acids is 1. The van der Waals surface area contributed by atoms with Gasteiger partial charge in [-0.05, 0) is 12.5 Å². The number of allylic oxidation sites excluding steroid dienone is 1. The predicted molar refractivity (Wildman–Crippen MR) is 41.2 cm³/mol. The van der Waals surface area contributed by atoms with E-state index in [0.717, 1.165) is 0 Å². The highest BCUT2D eigenvalue weighted by molar-refractivity contribution is 5.90. The molecule has 5 heteroatoms. The van der Waals surface area contributed by atoms with Crippen LogP contribution in [-0.2, 0) is 9.59 Å². The first kappa shape index (κ1) is 10.6. The molecule has 0 aromatic heterocycles. The maximum atomic E-state index is 10.7. The third-order valence-corrected chi connectivity index (χ3v) is 1.02. The molecule has 1 unspecified atom stereocenters. The van der Waals surface area contributed by atoms with Crippen LogP contribution in [0.1, 0.15) is 13.3 Å². The maximum Gasteiger partial charge on any atom is 0.353 e. The Labute approximate surface area is 69.7 Å². The van der Waals surface area contributed by atoms with Crippen LogP contribution in [0.5, 0.6) is 0 Å². The summed E-state index contributed by atoms with van der Waals surface area (Å²) in [5.41, 5.74) is 0. The second-order valence-corrected chi connectivity index (χ2v) is 2.06. The average molecular weight is 173 g/mol. The first-order valence-electron chi connectivity index (χ1n) is 3.45. The Morgan fingerprint density at radius 3 is 2.58 bits per heavy atom. The molecule has 0 aromatic rings. The second kappa shape index (κ2) is 5.31. The number of carbonyl (C=O) groups is 2. The van der Waals surface area contributed by atoms with E-state index in [9.17, 15) is 9.59 Å². The van der Waals surface area contributed by atoms with E-state index in [1.54, 1.807) is 6.08 Å². The number of amides is 1. The van der Waals surface area contributed by atoms with Crippen molar-refractivity contribution < 1.29 is 19.8 Å². The van der Waals surface area contributed by atoms with Crippen molar-refractivity contribution in [2.45, 2.75) is 19.6 Å². The number of aliphatic carboxylic acids is 1. The number of hydrogen-bond donors (Lipinski definition) is 3. The Morgan fingerprint density at radius 2 is 2.17 bits per heavy atom. The van der Waals surface area contributed by atoms with Crippen molar-refractivity contribution in [1.82, 2.24) is 5.32 Å². The minimum absolute atomic E-state index is 0.619. The van der Waals surface area contributed by atoms with Crippen molar-refractivity contribution in [3.8, 4) is 0 Å². The highest BCUT2D eigenvalue weighted by atomic mass is 16.4. The van der Waals surface area contributed by atoms with Gasteiger partial charge in [-0.2, -0.15) is 0 Å². The van der Waals surface area contributed by atoms with Gasteiger partial charge in [0.05, 0.1) is 0 Å². The fraction of sp³-hybridized carbons (Fsp3) is 0.429. The summed E-state index contributed by atoms with van der Waals surface area (Å²) in [6.07, 6.45) is 1.58. The van der Waals surface area contributed by atoms with Gasteiger partial charge in [-0.1, -0.05) is 13.0 Å². The monoisotopic (exact) mass is 173 g/mol. The van der Waals surface area contributed by atoms with Gasteiger partial charge in [0, 0.05) is 0 Å². The van der Waals surface area contributed by atoms with E-state index in [1.807, 2.05) is 12.2 Å². The summed E-state index contributed by atoms with van der Waals surface area (Å²) in [5, 5.41) is 18.6. The number of hydrogen-bond acceptors (Lipinski definition) is 3. The van der Waals surface area contributed by atoms with Crippen molar-refractivity contribution >= 4 is 11.9 Å². The highest BCUT2D eigenvalue weighted by Gasteiger charge is 2.13. The lowest BCUT2D eigenvalue weighted by Gasteiger charge is -2.04. The van der Waals surface area contributed by atoms with Crippen LogP contribution in [-0.4, -0.2) is 28.3 Å². The molecule has 0 bridgehead atoms. The van der Waals surface area contributed by atoms with Gasteiger partial charge in [0.1, 0.15) is 0 Å². The largest absolute Gasteiger partial charge is 0.478 e. The van der Waals surface area contributed by atoms with Gasteiger partial charge in [-0.25, -0.2) is 4.79 Å². The lowest BCUT2D eigenvalue weighted by Crippen LogP contribution is -2.39. The molecule has 0 saturated carbocycles. The number of carboxylic acid groups (broad SMARTS) is 1. The lowest BCUT2D eigenvalue weighted by atomic mass is 10.4. The van der Waals surface area contributed by atoms with Crippen molar-refractivity contribution in [2.75, 3.05) is 0 Å². The number of nitrogens with one attached hydrogen (secondary N) is 1. The van der Waals surface area contributed by atoms with E-state index in [1.165, 1.54) is 6.08 Å². The predicted octanol–water partition coefficient (Wildman–Crippen LogP) is -0.528. The van der Waals surface area contributed by atoms with Crippen LogP contribution in [0.3, 0.4) is 0 Å². The van der Waals surface area contributed by atoms with Crippen LogP contribution in [0.15, 0.2) is 12.2 Å². The molecule has 0 aliphatic carbocycles. The van der Waals surface area contributed by atoms with Gasteiger partial charge >= 0.3 is 5.97 Å². The molecule has 0 aromatic carbocycles. The smallest absolute Gasteiger partial charge is 0.353 e. The Morgan fingerprint density at radius 1 is 1.58 bits per heavy atom. The fourth-order valence-corrected chi connectivity index (χ4v) is 0.469. The molecule has 0 fully saturated rings. The van der Waals surface area contributed by atoms with Crippen LogP contribution >= 0.6 is 0 Å². The molecule has 5 nitrogen and oxygen atoms in total. The summed E-state index contributed by atoms with van der Waals surface area (Å²) in [6.45, 7) is 1.83. The van der Waals surface area contributed by atoms with E-state index in [-0.39, 0.29) is 0 Å². The Balaban J connectivity index is 3.84. The van der Waals surface area contributed by atoms with E-state index in [4.69, 9.17) is 10.2 Å². The minimum Gasteiger partial charge on any atom is -0.478 e. The van der Waals surface area contributed by atoms with E-state index >= 15 is 0 Å². The minimum atomic E-state index is -1.83. The van der Waals surface area contributed by atoms with E-state index in [0.29, 0.717) is 6.42 Å². The molecule has 3 N–H and O–H groups in total. The van der Waals surface area contributed by atoms with Gasteiger partial charge in [0.2, 0.25) is 12.1 Å². The van der Waals surface area contributed by atoms with Crippen LogP contribution < -0.4 is 5.32 Å². The molecule has 12 heavy (non-hydrogen) atoms. The number of aliphatic hydroxyl groups is 1.